The Morgan fingerprint density at radius 3 is 2.89 bits per heavy atom. The highest BCUT2D eigenvalue weighted by molar-refractivity contribution is 5.28. The number of rotatable bonds is 3. The van der Waals surface area contributed by atoms with E-state index in [0.717, 1.165) is 31.4 Å². The molecule has 1 saturated heterocycles. The first kappa shape index (κ1) is 13.6. The molecule has 1 N–H and O–H groups in total. The molecule has 0 bridgehead atoms. The summed E-state index contributed by atoms with van der Waals surface area (Å²) < 4.78 is 5.45. The number of aliphatic hydroxyl groups is 1. The fourth-order valence-electron chi connectivity index (χ4n) is 2.68. The Hall–Kier alpha value is -0.860. The summed E-state index contributed by atoms with van der Waals surface area (Å²) in [5.41, 5.74) is 1.69. The highest BCUT2D eigenvalue weighted by atomic mass is 16.5. The van der Waals surface area contributed by atoms with Gasteiger partial charge in [-0.05, 0) is 36.3 Å². The van der Waals surface area contributed by atoms with E-state index in [9.17, 15) is 5.11 Å². The van der Waals surface area contributed by atoms with Crippen LogP contribution in [0.3, 0.4) is 0 Å². The number of ether oxygens (including phenoxy) is 1. The van der Waals surface area contributed by atoms with Gasteiger partial charge in [0, 0.05) is 19.6 Å². The van der Waals surface area contributed by atoms with Crippen LogP contribution < -0.4 is 0 Å². The Morgan fingerprint density at radius 1 is 1.28 bits per heavy atom. The fraction of sp³-hybridized carbons (Fsp3) is 0.625. The molecule has 1 aromatic carbocycles. The SMILES string of the molecule is CC(C)Cc1cccc(C2(O)CCCOCC2)c1. The molecule has 2 nitrogen and oxygen atoms in total. The summed E-state index contributed by atoms with van der Waals surface area (Å²) in [5.74, 6) is 0.646. The van der Waals surface area contributed by atoms with Crippen molar-refractivity contribution in [3.8, 4) is 0 Å². The zero-order valence-corrected chi connectivity index (χ0v) is 11.5. The highest BCUT2D eigenvalue weighted by Crippen LogP contribution is 2.32. The second kappa shape index (κ2) is 5.85. The van der Waals surface area contributed by atoms with Crippen LogP contribution in [0.1, 0.15) is 44.2 Å². The van der Waals surface area contributed by atoms with Crippen LogP contribution in [-0.4, -0.2) is 18.3 Å². The van der Waals surface area contributed by atoms with Gasteiger partial charge in [-0.15, -0.1) is 0 Å². The number of benzene rings is 1. The summed E-state index contributed by atoms with van der Waals surface area (Å²) in [6.07, 6.45) is 3.52. The summed E-state index contributed by atoms with van der Waals surface area (Å²) in [6, 6.07) is 8.44. The maximum Gasteiger partial charge on any atom is 0.0919 e. The molecule has 18 heavy (non-hydrogen) atoms. The molecule has 1 heterocycles. The lowest BCUT2D eigenvalue weighted by Crippen LogP contribution is -2.26. The van der Waals surface area contributed by atoms with Gasteiger partial charge >= 0.3 is 0 Å². The van der Waals surface area contributed by atoms with E-state index in [1.54, 1.807) is 0 Å². The normalized spacial score (nSPS) is 25.1. The Morgan fingerprint density at radius 2 is 2.11 bits per heavy atom. The minimum Gasteiger partial charge on any atom is -0.385 e. The Kier molecular flexibility index (Phi) is 4.41. The van der Waals surface area contributed by atoms with E-state index in [2.05, 4.69) is 38.1 Å². The average molecular weight is 248 g/mol. The van der Waals surface area contributed by atoms with Crippen molar-refractivity contribution in [3.63, 3.8) is 0 Å². The molecule has 1 unspecified atom stereocenters. The predicted octanol–water partition coefficient (Wildman–Crippen LogP) is 3.27. The van der Waals surface area contributed by atoms with Crippen LogP contribution in [0.15, 0.2) is 24.3 Å². The lowest BCUT2D eigenvalue weighted by atomic mass is 9.85. The maximum absolute atomic E-state index is 10.8. The molecule has 1 aromatic rings. The first-order valence-electron chi connectivity index (χ1n) is 7.00. The van der Waals surface area contributed by atoms with Crippen molar-refractivity contribution in [3.05, 3.63) is 35.4 Å². The number of hydrogen-bond acceptors (Lipinski definition) is 2. The van der Waals surface area contributed by atoms with Crippen LogP contribution in [0, 0.1) is 5.92 Å². The van der Waals surface area contributed by atoms with Crippen LogP contribution in [0.4, 0.5) is 0 Å². The Labute approximate surface area is 110 Å². The van der Waals surface area contributed by atoms with Crippen molar-refractivity contribution in [1.82, 2.24) is 0 Å². The van der Waals surface area contributed by atoms with E-state index in [1.165, 1.54) is 5.56 Å². The van der Waals surface area contributed by atoms with Gasteiger partial charge in [-0.1, -0.05) is 38.1 Å². The zero-order valence-electron chi connectivity index (χ0n) is 11.5. The summed E-state index contributed by atoms with van der Waals surface area (Å²) in [6.45, 7) is 5.88. The lowest BCUT2D eigenvalue weighted by molar-refractivity contribution is 0.0143. The maximum atomic E-state index is 10.8. The second-order valence-electron chi connectivity index (χ2n) is 5.80. The molecule has 0 saturated carbocycles. The smallest absolute Gasteiger partial charge is 0.0919 e. The summed E-state index contributed by atoms with van der Waals surface area (Å²) in [4.78, 5) is 0. The molecule has 100 valence electrons. The molecule has 2 rings (SSSR count). The lowest BCUT2D eigenvalue weighted by Gasteiger charge is -2.27. The summed E-state index contributed by atoms with van der Waals surface area (Å²) >= 11 is 0. The van der Waals surface area contributed by atoms with Crippen LogP contribution in [0.5, 0.6) is 0 Å². The van der Waals surface area contributed by atoms with Crippen LogP contribution in [-0.2, 0) is 16.8 Å². The van der Waals surface area contributed by atoms with Crippen molar-refractivity contribution in [2.75, 3.05) is 13.2 Å². The van der Waals surface area contributed by atoms with E-state index < -0.39 is 5.60 Å². The molecule has 0 aromatic heterocycles. The molecule has 0 amide bonds. The molecular weight excluding hydrogens is 224 g/mol. The van der Waals surface area contributed by atoms with E-state index >= 15 is 0 Å². The Bertz CT molecular complexity index is 376. The first-order chi connectivity index (χ1) is 8.60. The molecule has 1 atom stereocenters. The molecule has 1 fully saturated rings. The van der Waals surface area contributed by atoms with Gasteiger partial charge in [0.05, 0.1) is 5.60 Å². The van der Waals surface area contributed by atoms with Gasteiger partial charge in [0.15, 0.2) is 0 Å². The molecule has 0 aliphatic carbocycles. The summed E-state index contributed by atoms with van der Waals surface area (Å²) in [7, 11) is 0. The summed E-state index contributed by atoms with van der Waals surface area (Å²) in [5, 5.41) is 10.8. The monoisotopic (exact) mass is 248 g/mol. The number of hydrogen-bond donors (Lipinski definition) is 1. The quantitative estimate of drug-likeness (QED) is 0.889. The highest BCUT2D eigenvalue weighted by Gasteiger charge is 2.30. The van der Waals surface area contributed by atoms with Crippen LogP contribution in [0.25, 0.3) is 0 Å². The minimum atomic E-state index is -0.691. The first-order valence-corrected chi connectivity index (χ1v) is 7.00. The van der Waals surface area contributed by atoms with Crippen LogP contribution >= 0.6 is 0 Å². The van der Waals surface area contributed by atoms with Crippen LogP contribution in [0.2, 0.25) is 0 Å². The zero-order chi connectivity index (χ0) is 13.0. The average Bonchev–Trinajstić information content (AvgIpc) is 2.55. The van der Waals surface area contributed by atoms with Gasteiger partial charge < -0.3 is 9.84 Å². The predicted molar refractivity (Wildman–Crippen MR) is 73.6 cm³/mol. The Balaban J connectivity index is 2.20. The van der Waals surface area contributed by atoms with E-state index in [-0.39, 0.29) is 0 Å². The van der Waals surface area contributed by atoms with Crippen molar-refractivity contribution in [2.24, 2.45) is 5.92 Å². The van der Waals surface area contributed by atoms with Crippen molar-refractivity contribution in [2.45, 2.75) is 45.1 Å². The van der Waals surface area contributed by atoms with Gasteiger partial charge in [0.2, 0.25) is 0 Å². The topological polar surface area (TPSA) is 29.5 Å². The van der Waals surface area contributed by atoms with E-state index in [0.29, 0.717) is 18.9 Å². The van der Waals surface area contributed by atoms with Crippen molar-refractivity contribution >= 4 is 0 Å². The van der Waals surface area contributed by atoms with Crippen molar-refractivity contribution in [1.29, 1.82) is 0 Å². The second-order valence-corrected chi connectivity index (χ2v) is 5.80. The van der Waals surface area contributed by atoms with E-state index in [4.69, 9.17) is 4.74 Å². The third kappa shape index (κ3) is 3.33. The molecule has 2 heteroatoms. The standard InChI is InChI=1S/C16H24O2/c1-13(2)11-14-5-3-6-15(12-14)16(17)7-4-9-18-10-8-16/h3,5-6,12-13,17H,4,7-11H2,1-2H3. The fourth-order valence-corrected chi connectivity index (χ4v) is 2.68. The van der Waals surface area contributed by atoms with Gasteiger partial charge in [-0.3, -0.25) is 0 Å². The van der Waals surface area contributed by atoms with Crippen molar-refractivity contribution < 1.29 is 9.84 Å². The molecule has 1 aliphatic rings. The largest absolute Gasteiger partial charge is 0.385 e. The molecular formula is C16H24O2. The third-order valence-corrected chi connectivity index (χ3v) is 3.65. The third-order valence-electron chi connectivity index (χ3n) is 3.65. The van der Waals surface area contributed by atoms with Gasteiger partial charge in [0.25, 0.3) is 0 Å². The molecule has 0 radical (unpaired) electrons. The van der Waals surface area contributed by atoms with Gasteiger partial charge in [-0.2, -0.15) is 0 Å². The van der Waals surface area contributed by atoms with E-state index in [1.807, 2.05) is 0 Å². The van der Waals surface area contributed by atoms with Gasteiger partial charge in [-0.25, -0.2) is 0 Å². The molecule has 0 spiro atoms. The minimum absolute atomic E-state index is 0.646. The van der Waals surface area contributed by atoms with Gasteiger partial charge in [0.1, 0.15) is 0 Å². The molecule has 1 aliphatic heterocycles.